The highest BCUT2D eigenvalue weighted by molar-refractivity contribution is 6.55. The molecule has 1 aromatic heterocycles. The van der Waals surface area contributed by atoms with Crippen LogP contribution in [0.3, 0.4) is 0 Å². The molecule has 0 spiro atoms. The van der Waals surface area contributed by atoms with Gasteiger partial charge in [0, 0.05) is 6.20 Å². The Morgan fingerprint density at radius 2 is 1.68 bits per heavy atom. The molecule has 0 bridgehead atoms. The van der Waals surface area contributed by atoms with E-state index in [4.69, 9.17) is 44.3 Å². The predicted molar refractivity (Wildman–Crippen MR) is 104 cm³/mol. The second-order valence-electron chi connectivity index (χ2n) is 5.59. The lowest BCUT2D eigenvalue weighted by molar-refractivity contribution is -0.137. The van der Waals surface area contributed by atoms with Gasteiger partial charge in [-0.3, -0.25) is 0 Å². The molecule has 0 aliphatic rings. The van der Waals surface area contributed by atoms with E-state index in [0.29, 0.717) is 17.7 Å². The van der Waals surface area contributed by atoms with Crippen LogP contribution in [0, 0.1) is 0 Å². The van der Waals surface area contributed by atoms with Crippen LogP contribution >= 0.6 is 34.8 Å². The number of aromatic nitrogens is 1. The van der Waals surface area contributed by atoms with E-state index in [1.165, 1.54) is 6.08 Å². The van der Waals surface area contributed by atoms with Gasteiger partial charge in [0.15, 0.2) is 0 Å². The van der Waals surface area contributed by atoms with E-state index in [1.54, 1.807) is 30.3 Å². The summed E-state index contributed by atoms with van der Waals surface area (Å²) in [5.74, 6) is 0.826. The Balaban J connectivity index is 1.82. The molecule has 0 N–H and O–H groups in total. The first-order chi connectivity index (χ1) is 13.2. The van der Waals surface area contributed by atoms with Crippen LogP contribution in [0.4, 0.5) is 13.2 Å². The van der Waals surface area contributed by atoms with Crippen molar-refractivity contribution in [2.75, 3.05) is 6.61 Å². The Kier molecular flexibility index (Phi) is 6.23. The number of fused-ring (bicyclic) bond motifs is 1. The van der Waals surface area contributed by atoms with Crippen molar-refractivity contribution in [3.63, 3.8) is 0 Å². The summed E-state index contributed by atoms with van der Waals surface area (Å²) in [6, 6.07) is 11.3. The number of hydrogen-bond donors (Lipinski definition) is 0. The molecule has 0 amide bonds. The third-order valence-corrected chi connectivity index (χ3v) is 4.20. The Hall–Kier alpha value is -2.15. The highest BCUT2D eigenvalue weighted by atomic mass is 35.5. The highest BCUT2D eigenvalue weighted by Gasteiger charge is 2.31. The fourth-order valence-electron chi connectivity index (χ4n) is 2.32. The molecule has 9 heteroatoms. The smallest absolute Gasteiger partial charge is 0.417 e. The molecule has 146 valence electrons. The van der Waals surface area contributed by atoms with Crippen LogP contribution in [-0.2, 0) is 6.18 Å². The normalized spacial score (nSPS) is 11.4. The average Bonchev–Trinajstić information content (AvgIpc) is 2.62. The van der Waals surface area contributed by atoms with Gasteiger partial charge < -0.3 is 9.47 Å². The van der Waals surface area contributed by atoms with Gasteiger partial charge >= 0.3 is 6.18 Å². The summed E-state index contributed by atoms with van der Waals surface area (Å²) in [6.45, 7) is 0.203. The fraction of sp³-hybridized carbons (Fsp3) is 0.105. The van der Waals surface area contributed by atoms with E-state index < -0.39 is 11.7 Å². The standard InChI is InChI=1S/C19H11Cl3F3NO2/c20-16-9-13(19(23,24)25)10-26-18(16)28-15-4-2-11-1-3-14(7-12(11)8-15)27-6-5-17(21)22/h1-5,7-10H,6H2. The van der Waals surface area contributed by atoms with Crippen molar-refractivity contribution in [3.8, 4) is 17.4 Å². The lowest BCUT2D eigenvalue weighted by atomic mass is 10.1. The maximum absolute atomic E-state index is 12.7. The molecule has 0 radical (unpaired) electrons. The summed E-state index contributed by atoms with van der Waals surface area (Å²) in [5.41, 5.74) is -0.948. The molecule has 3 aromatic rings. The molecule has 0 fully saturated rings. The van der Waals surface area contributed by atoms with Gasteiger partial charge in [-0.1, -0.05) is 46.9 Å². The molecular weight excluding hydrogens is 438 g/mol. The number of nitrogens with zero attached hydrogens (tertiary/aromatic N) is 1. The molecule has 0 atom stereocenters. The van der Waals surface area contributed by atoms with E-state index in [2.05, 4.69) is 4.98 Å². The molecule has 3 nitrogen and oxygen atoms in total. The van der Waals surface area contributed by atoms with Crippen LogP contribution in [-0.4, -0.2) is 11.6 Å². The van der Waals surface area contributed by atoms with Gasteiger partial charge in [-0.05, 0) is 47.2 Å². The molecular formula is C19H11Cl3F3NO2. The molecule has 0 saturated carbocycles. The minimum atomic E-state index is -4.53. The minimum absolute atomic E-state index is 0.109. The summed E-state index contributed by atoms with van der Waals surface area (Å²) in [5, 5.41) is 1.47. The third kappa shape index (κ3) is 5.22. The zero-order chi connectivity index (χ0) is 20.3. The van der Waals surface area contributed by atoms with Crippen LogP contribution in [0.15, 0.2) is 59.2 Å². The number of benzene rings is 2. The Labute approximate surface area is 173 Å². The Morgan fingerprint density at radius 1 is 1.00 bits per heavy atom. The Morgan fingerprint density at radius 3 is 2.32 bits per heavy atom. The second-order valence-corrected chi connectivity index (χ2v) is 7.00. The Bertz CT molecular complexity index is 1030. The minimum Gasteiger partial charge on any atom is -0.489 e. The number of hydrogen-bond acceptors (Lipinski definition) is 3. The van der Waals surface area contributed by atoms with Crippen molar-refractivity contribution in [1.29, 1.82) is 0 Å². The number of pyridine rings is 1. The summed E-state index contributed by atoms with van der Waals surface area (Å²) in [7, 11) is 0. The first-order valence-corrected chi connectivity index (χ1v) is 8.94. The fourth-order valence-corrected chi connectivity index (χ4v) is 2.66. The third-order valence-electron chi connectivity index (χ3n) is 3.62. The van der Waals surface area contributed by atoms with Crippen molar-refractivity contribution in [2.45, 2.75) is 6.18 Å². The van der Waals surface area contributed by atoms with Crippen molar-refractivity contribution >= 4 is 45.6 Å². The van der Waals surface area contributed by atoms with Crippen molar-refractivity contribution < 1.29 is 22.6 Å². The van der Waals surface area contributed by atoms with Gasteiger partial charge in [-0.15, -0.1) is 0 Å². The summed E-state index contributed by atoms with van der Waals surface area (Å²) < 4.78 is 49.3. The molecule has 28 heavy (non-hydrogen) atoms. The van der Waals surface area contributed by atoms with Crippen molar-refractivity contribution in [1.82, 2.24) is 4.98 Å². The number of rotatable bonds is 5. The van der Waals surface area contributed by atoms with Crippen molar-refractivity contribution in [3.05, 3.63) is 69.8 Å². The summed E-state index contributed by atoms with van der Waals surface area (Å²) in [4.78, 5) is 3.66. The van der Waals surface area contributed by atoms with Crippen molar-refractivity contribution in [2.24, 2.45) is 0 Å². The lowest BCUT2D eigenvalue weighted by Crippen LogP contribution is -2.05. The zero-order valence-corrected chi connectivity index (χ0v) is 16.2. The van der Waals surface area contributed by atoms with E-state index in [0.717, 1.165) is 16.8 Å². The van der Waals surface area contributed by atoms with E-state index >= 15 is 0 Å². The van der Waals surface area contributed by atoms with Gasteiger partial charge in [0.2, 0.25) is 5.88 Å². The molecule has 0 aliphatic carbocycles. The summed E-state index contributed by atoms with van der Waals surface area (Å²) in [6.07, 6.45) is -2.35. The maximum Gasteiger partial charge on any atom is 0.417 e. The van der Waals surface area contributed by atoms with Crippen LogP contribution in [0.1, 0.15) is 5.56 Å². The van der Waals surface area contributed by atoms with Crippen LogP contribution in [0.5, 0.6) is 17.4 Å². The van der Waals surface area contributed by atoms with Gasteiger partial charge in [0.05, 0.1) is 5.56 Å². The maximum atomic E-state index is 12.7. The van der Waals surface area contributed by atoms with Gasteiger partial charge in [0.25, 0.3) is 0 Å². The van der Waals surface area contributed by atoms with Crippen LogP contribution < -0.4 is 9.47 Å². The average molecular weight is 449 g/mol. The highest BCUT2D eigenvalue weighted by Crippen LogP contribution is 2.35. The second kappa shape index (κ2) is 8.47. The van der Waals surface area contributed by atoms with Gasteiger partial charge in [-0.2, -0.15) is 13.2 Å². The van der Waals surface area contributed by atoms with E-state index in [1.807, 2.05) is 6.07 Å². The number of alkyl halides is 3. The lowest BCUT2D eigenvalue weighted by Gasteiger charge is -2.11. The van der Waals surface area contributed by atoms with Gasteiger partial charge in [0.1, 0.15) is 27.6 Å². The molecule has 0 unspecified atom stereocenters. The molecule has 0 saturated heterocycles. The molecule has 2 aromatic carbocycles. The zero-order valence-electron chi connectivity index (χ0n) is 13.9. The van der Waals surface area contributed by atoms with Crippen LogP contribution in [0.2, 0.25) is 5.02 Å². The van der Waals surface area contributed by atoms with E-state index in [9.17, 15) is 13.2 Å². The number of halogens is 6. The first kappa shape index (κ1) is 20.6. The van der Waals surface area contributed by atoms with E-state index in [-0.39, 0.29) is 22.0 Å². The first-order valence-electron chi connectivity index (χ1n) is 7.81. The topological polar surface area (TPSA) is 31.4 Å². The van der Waals surface area contributed by atoms with Gasteiger partial charge in [-0.25, -0.2) is 4.98 Å². The molecule has 1 heterocycles. The van der Waals surface area contributed by atoms with Crippen LogP contribution in [0.25, 0.3) is 10.8 Å². The summed E-state index contributed by atoms with van der Waals surface area (Å²) >= 11 is 16.9. The predicted octanol–water partition coefficient (Wildman–Crippen LogP) is 7.40. The quantitative estimate of drug-likeness (QED) is 0.407. The molecule has 3 rings (SSSR count). The largest absolute Gasteiger partial charge is 0.489 e. The number of ether oxygens (including phenoxy) is 2. The monoisotopic (exact) mass is 447 g/mol. The molecule has 0 aliphatic heterocycles. The SMILES string of the molecule is FC(F)(F)c1cnc(Oc2ccc3ccc(OCC=C(Cl)Cl)cc3c2)c(Cl)c1.